The van der Waals surface area contributed by atoms with Gasteiger partial charge in [0.2, 0.25) is 0 Å². The lowest BCUT2D eigenvalue weighted by Gasteiger charge is -2.35. The molecule has 0 bridgehead atoms. The lowest BCUT2D eigenvalue weighted by atomic mass is 9.79. The first-order valence-electron chi connectivity index (χ1n) is 34.4. The van der Waals surface area contributed by atoms with E-state index in [-0.39, 0.29) is 10.8 Å². The van der Waals surface area contributed by atoms with Crippen molar-refractivity contribution in [2.24, 2.45) is 0 Å². The Morgan fingerprint density at radius 2 is 0.667 bits per heavy atom. The molecule has 2 aliphatic heterocycles. The average Bonchev–Trinajstić information content (AvgIpc) is 0.753. The van der Waals surface area contributed by atoms with Gasteiger partial charge in [-0.1, -0.05) is 230 Å². The first-order valence-corrected chi connectivity index (χ1v) is 36.0. The Balaban J connectivity index is 0.702. The van der Waals surface area contributed by atoms with Gasteiger partial charge in [0, 0.05) is 64.3 Å². The van der Waals surface area contributed by atoms with Crippen LogP contribution in [0.5, 0.6) is 0 Å². The van der Waals surface area contributed by atoms with Gasteiger partial charge in [0.25, 0.3) is 0 Å². The van der Waals surface area contributed by atoms with Crippen LogP contribution in [0.4, 0.5) is 34.1 Å². The number of hydrogen-bond acceptors (Lipinski definition) is 10. The van der Waals surface area contributed by atoms with Crippen molar-refractivity contribution >= 4 is 57.6 Å². The average molecular weight is 1290 g/mol. The summed E-state index contributed by atoms with van der Waals surface area (Å²) in [5.41, 5.74) is 19.1. The summed E-state index contributed by atoms with van der Waals surface area (Å²) in [5.74, 6) is 5.13. The molecular weight excluding hydrogens is 1210 g/mol. The predicted molar refractivity (Wildman–Crippen MR) is 397 cm³/mol. The smallest absolute Gasteiger partial charge is 0.164 e. The van der Waals surface area contributed by atoms with Crippen LogP contribution >= 0.6 is 23.5 Å². The van der Waals surface area contributed by atoms with Gasteiger partial charge in [-0.2, -0.15) is 0 Å². The van der Waals surface area contributed by atoms with Crippen LogP contribution in [0.2, 0.25) is 0 Å². The molecule has 4 aliphatic rings. The number of aromatic nitrogens is 6. The molecular formula is C86H78N8S2. The van der Waals surface area contributed by atoms with Crippen LogP contribution in [0, 0.1) is 0 Å². The van der Waals surface area contributed by atoms with Crippen LogP contribution in [0.3, 0.4) is 0 Å². The first-order chi connectivity index (χ1) is 46.9. The van der Waals surface area contributed by atoms with Crippen molar-refractivity contribution in [1.29, 1.82) is 0 Å². The van der Waals surface area contributed by atoms with Gasteiger partial charge in [-0.3, -0.25) is 0 Å². The van der Waals surface area contributed by atoms with E-state index in [0.29, 0.717) is 46.8 Å². The van der Waals surface area contributed by atoms with Gasteiger partial charge < -0.3 is 9.80 Å². The Hall–Kier alpha value is -9.48. The highest BCUT2D eigenvalue weighted by Crippen LogP contribution is 2.56. The zero-order chi connectivity index (χ0) is 64.9. The summed E-state index contributed by atoms with van der Waals surface area (Å²) in [7, 11) is 0. The summed E-state index contributed by atoms with van der Waals surface area (Å²) in [6.07, 6.45) is 14.0. The van der Waals surface area contributed by atoms with Crippen LogP contribution in [-0.4, -0.2) is 29.9 Å². The fourth-order valence-corrected chi connectivity index (χ4v) is 17.0. The van der Waals surface area contributed by atoms with Gasteiger partial charge >= 0.3 is 0 Å². The van der Waals surface area contributed by atoms with Crippen LogP contribution in [0.15, 0.2) is 256 Å². The number of benzene rings is 10. The number of nitrogens with zero attached hydrogens (tertiary/aromatic N) is 8. The molecule has 0 N–H and O–H groups in total. The second-order valence-electron chi connectivity index (χ2n) is 28.2. The topological polar surface area (TPSA) is 83.8 Å². The third-order valence-corrected chi connectivity index (χ3v) is 22.2. The van der Waals surface area contributed by atoms with Crippen molar-refractivity contribution in [3.63, 3.8) is 0 Å². The SMILES string of the molecule is CC(C)(C)c1ccc2c(c1)Sc1cc(C(C)(C)Cc3cccc(-c4nc(-c5ccccc5)nc(-c5ccc(N6c7ccc(C8CCCCC8)cc7Sc7cc(C8CCCCC8)ccc76)cc5)n4)c3)ccc1N2c1ccc(-c2nc(-c3ccccc3)nc(-c3ccccc3)n2)cc1. The maximum absolute atomic E-state index is 5.33. The quantitative estimate of drug-likeness (QED) is 0.111. The highest BCUT2D eigenvalue weighted by atomic mass is 32.2. The molecule has 2 fully saturated rings. The van der Waals surface area contributed by atoms with Crippen molar-refractivity contribution in [3.05, 3.63) is 264 Å². The van der Waals surface area contributed by atoms with Crippen LogP contribution in [0.25, 0.3) is 68.3 Å². The largest absolute Gasteiger partial charge is 0.308 e. The lowest BCUT2D eigenvalue weighted by molar-refractivity contribution is 0.443. The Morgan fingerprint density at radius 1 is 0.323 bits per heavy atom. The Morgan fingerprint density at radius 3 is 1.07 bits per heavy atom. The van der Waals surface area contributed by atoms with Gasteiger partial charge in [-0.05, 0) is 186 Å². The zero-order valence-electron chi connectivity index (χ0n) is 55.3. The Bertz CT molecular complexity index is 4700. The van der Waals surface area contributed by atoms with Crippen molar-refractivity contribution < 1.29 is 0 Å². The summed E-state index contributed by atoms with van der Waals surface area (Å²) in [6.45, 7) is 11.6. The van der Waals surface area contributed by atoms with Crippen molar-refractivity contribution in [2.75, 3.05) is 9.80 Å². The summed E-state index contributed by atoms with van der Waals surface area (Å²) < 4.78 is 0. The molecule has 2 aromatic heterocycles. The minimum atomic E-state index is -0.249. The predicted octanol–water partition coefficient (Wildman–Crippen LogP) is 23.8. The molecule has 2 aliphatic carbocycles. The third-order valence-electron chi connectivity index (χ3n) is 20.1. The fourth-order valence-electron chi connectivity index (χ4n) is 14.7. The molecule has 4 heterocycles. The molecule has 96 heavy (non-hydrogen) atoms. The number of rotatable bonds is 13. The minimum absolute atomic E-state index is 0.0220. The standard InChI is InChI=1S/C86H78N8S2/c1-85(2,3)67-40-48-73-77(53-67)96-78-54-68(41-49-74(78)94(73)70-44-34-62(35-45-70)82-88-79(59-27-15-8-16-28-59)87-80(89-82)60-29-17-9-18-30-60)86(4,5)55-56-22-21-33-66(50-56)84-91-81(61-31-19-10-20-32-61)90-83(92-84)63-36-42-69(43-37-63)93-71-46-38-64(57-23-11-6-12-24-57)51-75(71)95-76-52-65(39-47-72(76)93)58-25-13-7-14-26-58/h8-10,15-22,27-54,57-58H,6-7,11-14,23-26,55H2,1-5H3. The number of fused-ring (bicyclic) bond motifs is 4. The molecule has 12 aromatic rings. The van der Waals surface area contributed by atoms with Crippen LogP contribution in [-0.2, 0) is 17.3 Å². The van der Waals surface area contributed by atoms with E-state index in [4.69, 9.17) is 29.9 Å². The number of hydrogen-bond donors (Lipinski definition) is 0. The van der Waals surface area contributed by atoms with Gasteiger partial charge in [-0.15, -0.1) is 0 Å². The Kier molecular flexibility index (Phi) is 16.6. The van der Waals surface area contributed by atoms with Gasteiger partial charge in [-0.25, -0.2) is 29.9 Å². The Labute approximate surface area is 573 Å². The van der Waals surface area contributed by atoms with Crippen molar-refractivity contribution in [2.45, 2.75) is 147 Å². The maximum Gasteiger partial charge on any atom is 0.164 e. The molecule has 0 atom stereocenters. The van der Waals surface area contributed by atoms with E-state index in [1.165, 1.54) is 123 Å². The van der Waals surface area contributed by atoms with E-state index in [1.807, 2.05) is 90.3 Å². The monoisotopic (exact) mass is 1290 g/mol. The molecule has 0 spiro atoms. The van der Waals surface area contributed by atoms with Gasteiger partial charge in [0.05, 0.1) is 22.7 Å². The van der Waals surface area contributed by atoms with E-state index < -0.39 is 0 Å². The van der Waals surface area contributed by atoms with Crippen molar-refractivity contribution in [3.8, 4) is 68.3 Å². The highest BCUT2D eigenvalue weighted by molar-refractivity contribution is 8.00. The van der Waals surface area contributed by atoms with Gasteiger partial charge in [0.1, 0.15) is 0 Å². The molecule has 8 nitrogen and oxygen atoms in total. The summed E-state index contributed by atoms with van der Waals surface area (Å²) in [6, 6.07) is 85.8. The van der Waals surface area contributed by atoms with E-state index >= 15 is 0 Å². The third kappa shape index (κ3) is 12.5. The molecule has 10 aromatic carbocycles. The zero-order valence-corrected chi connectivity index (χ0v) is 57.0. The summed E-state index contributed by atoms with van der Waals surface area (Å²) in [5, 5.41) is 0. The van der Waals surface area contributed by atoms with E-state index in [2.05, 4.69) is 214 Å². The maximum atomic E-state index is 5.33. The minimum Gasteiger partial charge on any atom is -0.308 e. The van der Waals surface area contributed by atoms with E-state index in [1.54, 1.807) is 0 Å². The molecule has 2 saturated carbocycles. The normalized spacial score (nSPS) is 15.0. The first kappa shape index (κ1) is 61.4. The second-order valence-corrected chi connectivity index (χ2v) is 30.3. The molecule has 0 saturated heterocycles. The molecule has 0 unspecified atom stereocenters. The van der Waals surface area contributed by atoms with Crippen LogP contribution < -0.4 is 9.80 Å². The van der Waals surface area contributed by atoms with Gasteiger partial charge in [0.15, 0.2) is 34.9 Å². The number of anilines is 6. The second kappa shape index (κ2) is 25.9. The lowest BCUT2D eigenvalue weighted by Crippen LogP contribution is -2.22. The summed E-state index contributed by atoms with van der Waals surface area (Å²) >= 11 is 3.83. The van der Waals surface area contributed by atoms with Crippen LogP contribution in [0.1, 0.15) is 138 Å². The van der Waals surface area contributed by atoms with Crippen molar-refractivity contribution in [1.82, 2.24) is 29.9 Å². The molecule has 474 valence electrons. The van der Waals surface area contributed by atoms with E-state index in [0.717, 1.165) is 62.6 Å². The molecule has 0 amide bonds. The van der Waals surface area contributed by atoms with E-state index in [9.17, 15) is 0 Å². The molecule has 0 radical (unpaired) electrons. The molecule has 16 rings (SSSR count). The fraction of sp³-hybridized carbons (Fsp3) is 0.233. The molecule has 10 heteroatoms. The summed E-state index contributed by atoms with van der Waals surface area (Å²) in [4.78, 5) is 40.9. The highest BCUT2D eigenvalue weighted by Gasteiger charge is 2.32.